The minimum Gasteiger partial charge on any atom is -0.350 e. The van der Waals surface area contributed by atoms with Gasteiger partial charge in [-0.3, -0.25) is 9.79 Å². The summed E-state index contributed by atoms with van der Waals surface area (Å²) in [6.07, 6.45) is 0.880. The van der Waals surface area contributed by atoms with Gasteiger partial charge in [-0.2, -0.15) is 0 Å². The predicted octanol–water partition coefficient (Wildman–Crippen LogP) is 2.95. The van der Waals surface area contributed by atoms with Crippen molar-refractivity contribution in [2.24, 2.45) is 4.99 Å². The number of rotatable bonds is 4. The van der Waals surface area contributed by atoms with Crippen LogP contribution < -0.4 is 15.5 Å². The van der Waals surface area contributed by atoms with Crippen LogP contribution in [0, 0.1) is 12.7 Å². The third-order valence-corrected chi connectivity index (χ3v) is 4.87. The molecule has 5 nitrogen and oxygen atoms in total. The lowest BCUT2D eigenvalue weighted by Gasteiger charge is -2.21. The van der Waals surface area contributed by atoms with Crippen molar-refractivity contribution in [2.45, 2.75) is 26.3 Å². The zero-order valence-corrected chi connectivity index (χ0v) is 15.9. The molecule has 1 aliphatic rings. The van der Waals surface area contributed by atoms with E-state index in [9.17, 15) is 9.18 Å². The number of halogens is 1. The number of benzene rings is 2. The van der Waals surface area contributed by atoms with E-state index in [2.05, 4.69) is 21.7 Å². The maximum absolute atomic E-state index is 13.8. The molecule has 0 saturated heterocycles. The molecule has 2 aromatic carbocycles. The van der Waals surface area contributed by atoms with E-state index in [-0.39, 0.29) is 24.3 Å². The van der Waals surface area contributed by atoms with Crippen molar-refractivity contribution in [1.82, 2.24) is 10.6 Å². The van der Waals surface area contributed by atoms with Crippen molar-refractivity contribution in [2.75, 3.05) is 25.0 Å². The van der Waals surface area contributed by atoms with E-state index >= 15 is 0 Å². The number of hydrogen-bond acceptors (Lipinski definition) is 2. The molecular formula is C21H25FN4O. The minimum absolute atomic E-state index is 0.00284. The number of aliphatic imine (C=N–C) groups is 1. The average molecular weight is 368 g/mol. The van der Waals surface area contributed by atoms with Crippen LogP contribution in [0.3, 0.4) is 0 Å². The molecule has 142 valence electrons. The van der Waals surface area contributed by atoms with E-state index < -0.39 is 0 Å². The molecule has 1 aliphatic heterocycles. The van der Waals surface area contributed by atoms with Crippen molar-refractivity contribution in [1.29, 1.82) is 0 Å². The maximum atomic E-state index is 13.8. The highest BCUT2D eigenvalue weighted by atomic mass is 19.1. The fraction of sp³-hybridized carbons (Fsp3) is 0.333. The first kappa shape index (κ1) is 18.9. The molecule has 3 rings (SSSR count). The van der Waals surface area contributed by atoms with Crippen LogP contribution in [0.2, 0.25) is 0 Å². The molecule has 0 bridgehead atoms. The Bertz CT molecular complexity index is 865. The molecule has 0 fully saturated rings. The molecule has 27 heavy (non-hydrogen) atoms. The monoisotopic (exact) mass is 368 g/mol. The second kappa shape index (κ2) is 8.20. The number of fused-ring (bicyclic) bond motifs is 1. The summed E-state index contributed by atoms with van der Waals surface area (Å²) in [7, 11) is 1.65. The van der Waals surface area contributed by atoms with Crippen LogP contribution in [-0.4, -0.2) is 32.0 Å². The van der Waals surface area contributed by atoms with Crippen molar-refractivity contribution in [3.05, 3.63) is 65.0 Å². The zero-order chi connectivity index (χ0) is 19.4. The summed E-state index contributed by atoms with van der Waals surface area (Å²) in [5, 5.41) is 6.25. The van der Waals surface area contributed by atoms with E-state index in [4.69, 9.17) is 0 Å². The van der Waals surface area contributed by atoms with Crippen LogP contribution in [-0.2, 0) is 11.2 Å². The number of para-hydroxylation sites is 1. The molecular weight excluding hydrogens is 343 g/mol. The van der Waals surface area contributed by atoms with Crippen LogP contribution in [0.1, 0.15) is 29.7 Å². The number of nitrogens with zero attached hydrogens (tertiary/aromatic N) is 2. The number of amides is 1. The highest BCUT2D eigenvalue weighted by molar-refractivity contribution is 5.98. The maximum Gasteiger partial charge on any atom is 0.246 e. The molecule has 6 heteroatoms. The molecule has 1 unspecified atom stereocenters. The van der Waals surface area contributed by atoms with E-state index in [0.29, 0.717) is 18.1 Å². The van der Waals surface area contributed by atoms with Gasteiger partial charge in [-0.25, -0.2) is 4.39 Å². The highest BCUT2D eigenvalue weighted by Gasteiger charge is 2.24. The summed E-state index contributed by atoms with van der Waals surface area (Å²) in [5.41, 5.74) is 3.62. The lowest BCUT2D eigenvalue weighted by atomic mass is 10.1. The number of anilines is 1. The summed E-state index contributed by atoms with van der Waals surface area (Å²) in [4.78, 5) is 18.6. The summed E-state index contributed by atoms with van der Waals surface area (Å²) >= 11 is 0. The molecule has 0 saturated carbocycles. The highest BCUT2D eigenvalue weighted by Crippen LogP contribution is 2.27. The lowest BCUT2D eigenvalue weighted by molar-refractivity contribution is -0.117. The molecule has 0 aromatic heterocycles. The Labute approximate surface area is 159 Å². The van der Waals surface area contributed by atoms with Crippen LogP contribution >= 0.6 is 0 Å². The fourth-order valence-corrected chi connectivity index (χ4v) is 3.21. The van der Waals surface area contributed by atoms with Crippen LogP contribution in [0.15, 0.2) is 47.5 Å². The second-order valence-corrected chi connectivity index (χ2v) is 6.72. The Morgan fingerprint density at radius 1 is 1.30 bits per heavy atom. The van der Waals surface area contributed by atoms with Gasteiger partial charge in [0.05, 0.1) is 12.6 Å². The largest absolute Gasteiger partial charge is 0.350 e. The van der Waals surface area contributed by atoms with Crippen LogP contribution in [0.25, 0.3) is 0 Å². The van der Waals surface area contributed by atoms with Crippen molar-refractivity contribution in [3.63, 3.8) is 0 Å². The third kappa shape index (κ3) is 4.27. The first-order valence-corrected chi connectivity index (χ1v) is 9.11. The number of hydrogen-bond donors (Lipinski definition) is 2. The Morgan fingerprint density at radius 3 is 2.81 bits per heavy atom. The molecule has 0 radical (unpaired) electrons. The molecule has 0 spiro atoms. The SMILES string of the molecule is CN=C(NCC(=O)N1CCc2ccccc21)NC(C)c1ccc(C)c(F)c1. The van der Waals surface area contributed by atoms with E-state index in [0.717, 1.165) is 17.7 Å². The van der Waals surface area contributed by atoms with Gasteiger partial charge in [0.25, 0.3) is 0 Å². The number of carbonyl (C=O) groups is 1. The number of nitrogens with one attached hydrogen (secondary N) is 2. The van der Waals surface area contributed by atoms with Gasteiger partial charge in [0.2, 0.25) is 5.91 Å². The smallest absolute Gasteiger partial charge is 0.246 e. The van der Waals surface area contributed by atoms with E-state index in [1.165, 1.54) is 11.6 Å². The van der Waals surface area contributed by atoms with Gasteiger partial charge in [0.15, 0.2) is 5.96 Å². The number of carbonyl (C=O) groups excluding carboxylic acids is 1. The second-order valence-electron chi connectivity index (χ2n) is 6.72. The summed E-state index contributed by atoms with van der Waals surface area (Å²) in [6, 6.07) is 13.0. The van der Waals surface area contributed by atoms with Crippen molar-refractivity contribution in [3.8, 4) is 0 Å². The van der Waals surface area contributed by atoms with Crippen molar-refractivity contribution >= 4 is 17.6 Å². The Hall–Kier alpha value is -2.89. The van der Waals surface area contributed by atoms with Crippen molar-refractivity contribution < 1.29 is 9.18 Å². The Balaban J connectivity index is 1.58. The molecule has 1 amide bonds. The standard InChI is InChI=1S/C21H25FN4O/c1-14-8-9-17(12-18(14)22)15(2)25-21(23-3)24-13-20(27)26-11-10-16-6-4-5-7-19(16)26/h4-9,12,15H,10-11,13H2,1-3H3,(H2,23,24,25). The third-order valence-electron chi connectivity index (χ3n) is 4.87. The van der Waals surface area contributed by atoms with Gasteiger partial charge in [-0.05, 0) is 49.1 Å². The van der Waals surface area contributed by atoms with Crippen LogP contribution in [0.5, 0.6) is 0 Å². The van der Waals surface area contributed by atoms with Gasteiger partial charge in [0.1, 0.15) is 5.82 Å². The summed E-state index contributed by atoms with van der Waals surface area (Å²) in [6.45, 7) is 4.50. The summed E-state index contributed by atoms with van der Waals surface area (Å²) in [5.74, 6) is 0.272. The van der Waals surface area contributed by atoms with E-state index in [1.54, 1.807) is 24.9 Å². The van der Waals surface area contributed by atoms with Gasteiger partial charge in [0, 0.05) is 19.3 Å². The van der Waals surface area contributed by atoms with Crippen LogP contribution in [0.4, 0.5) is 10.1 Å². The lowest BCUT2D eigenvalue weighted by Crippen LogP contribution is -2.45. The molecule has 2 N–H and O–H groups in total. The molecule has 2 aromatic rings. The number of guanidine groups is 1. The van der Waals surface area contributed by atoms with Gasteiger partial charge >= 0.3 is 0 Å². The number of aryl methyl sites for hydroxylation is 1. The molecule has 1 atom stereocenters. The van der Waals surface area contributed by atoms with E-state index in [1.807, 2.05) is 31.2 Å². The van der Waals surface area contributed by atoms with Gasteiger partial charge < -0.3 is 15.5 Å². The molecule has 1 heterocycles. The topological polar surface area (TPSA) is 56.7 Å². The zero-order valence-electron chi connectivity index (χ0n) is 15.9. The minimum atomic E-state index is -0.230. The Morgan fingerprint density at radius 2 is 2.07 bits per heavy atom. The summed E-state index contributed by atoms with van der Waals surface area (Å²) < 4.78 is 13.8. The fourth-order valence-electron chi connectivity index (χ4n) is 3.21. The average Bonchev–Trinajstić information content (AvgIpc) is 3.11. The quantitative estimate of drug-likeness (QED) is 0.644. The van der Waals surface area contributed by atoms with Gasteiger partial charge in [-0.1, -0.05) is 30.3 Å². The predicted molar refractivity (Wildman–Crippen MR) is 107 cm³/mol. The first-order valence-electron chi connectivity index (χ1n) is 9.11. The Kier molecular flexibility index (Phi) is 5.74. The normalized spacial score (nSPS) is 14.7. The molecule has 0 aliphatic carbocycles. The first-order chi connectivity index (χ1) is 13.0. The van der Waals surface area contributed by atoms with Gasteiger partial charge in [-0.15, -0.1) is 0 Å².